The molecule has 0 amide bonds. The third kappa shape index (κ3) is 1.63. The average Bonchev–Trinajstić information content (AvgIpc) is 2.59. The van der Waals surface area contributed by atoms with Crippen molar-refractivity contribution in [1.29, 1.82) is 0 Å². The van der Waals surface area contributed by atoms with Gasteiger partial charge in [-0.15, -0.1) is 0 Å². The number of halogens is 1. The molecule has 0 saturated heterocycles. The minimum atomic E-state index is 0.362. The van der Waals surface area contributed by atoms with E-state index in [9.17, 15) is 0 Å². The molecule has 1 aromatic heterocycles. The molecule has 1 heterocycles. The minimum absolute atomic E-state index is 0.362. The molecule has 0 aliphatic carbocycles. The van der Waals surface area contributed by atoms with E-state index < -0.39 is 0 Å². The zero-order chi connectivity index (χ0) is 10.1. The van der Waals surface area contributed by atoms with Crippen LogP contribution >= 0.6 is 11.6 Å². The molecule has 14 heavy (non-hydrogen) atoms. The molecule has 0 fully saturated rings. The van der Waals surface area contributed by atoms with Gasteiger partial charge in [0.15, 0.2) is 0 Å². The van der Waals surface area contributed by atoms with E-state index in [1.807, 2.05) is 18.2 Å². The molecule has 2 aromatic rings. The van der Waals surface area contributed by atoms with Crippen LogP contribution in [-0.2, 0) is 0 Å². The van der Waals surface area contributed by atoms with Crippen LogP contribution in [0.25, 0.3) is 10.9 Å². The minimum Gasteiger partial charge on any atom is -0.358 e. The van der Waals surface area contributed by atoms with Gasteiger partial charge in [-0.1, -0.05) is 18.5 Å². The highest BCUT2D eigenvalue weighted by Gasteiger charge is 2.06. The van der Waals surface area contributed by atoms with E-state index in [1.54, 1.807) is 0 Å². The molecular weight excluding hydrogens is 196 g/mol. The smallest absolute Gasteiger partial charge is 0.0457 e. The third-order valence-corrected chi connectivity index (χ3v) is 2.72. The number of aromatic nitrogens is 1. The topological polar surface area (TPSA) is 41.8 Å². The fraction of sp³-hybridized carbons (Fsp3) is 0.273. The first-order valence-electron chi connectivity index (χ1n) is 4.69. The van der Waals surface area contributed by atoms with Gasteiger partial charge < -0.3 is 10.7 Å². The Balaban J connectivity index is 2.51. The number of hydrogen-bond acceptors (Lipinski definition) is 1. The van der Waals surface area contributed by atoms with E-state index >= 15 is 0 Å². The number of hydrogen-bond donors (Lipinski definition) is 2. The van der Waals surface area contributed by atoms with Gasteiger partial charge in [-0.3, -0.25) is 0 Å². The lowest BCUT2D eigenvalue weighted by Crippen LogP contribution is -2.08. The largest absolute Gasteiger partial charge is 0.358 e. The number of nitrogens with two attached hydrogens (primary N) is 1. The maximum Gasteiger partial charge on any atom is 0.0457 e. The van der Waals surface area contributed by atoms with Gasteiger partial charge in [0.1, 0.15) is 0 Å². The van der Waals surface area contributed by atoms with Crippen molar-refractivity contribution < 1.29 is 0 Å². The number of H-pyrrole nitrogens is 1. The average molecular weight is 209 g/mol. The Hall–Kier alpha value is -0.990. The Labute approximate surface area is 88.1 Å². The summed E-state index contributed by atoms with van der Waals surface area (Å²) in [6.45, 7) is 2.76. The molecule has 1 aromatic carbocycles. The normalized spacial score (nSPS) is 13.4. The molecule has 0 radical (unpaired) electrons. The van der Waals surface area contributed by atoms with Crippen LogP contribution < -0.4 is 5.73 Å². The van der Waals surface area contributed by atoms with E-state index in [0.717, 1.165) is 15.9 Å². The SMILES string of the molecule is CC(CN)c1cc2cc(Cl)ccc2[nH]1. The van der Waals surface area contributed by atoms with Crippen molar-refractivity contribution >= 4 is 22.5 Å². The van der Waals surface area contributed by atoms with Gasteiger partial charge in [0.05, 0.1) is 0 Å². The third-order valence-electron chi connectivity index (χ3n) is 2.49. The molecular formula is C11H13ClN2. The molecule has 0 aliphatic rings. The summed E-state index contributed by atoms with van der Waals surface area (Å²) in [5, 5.41) is 1.91. The first-order valence-corrected chi connectivity index (χ1v) is 5.06. The van der Waals surface area contributed by atoms with E-state index in [1.165, 1.54) is 5.69 Å². The molecule has 74 valence electrons. The quantitative estimate of drug-likeness (QED) is 0.783. The fourth-order valence-electron chi connectivity index (χ4n) is 1.52. The van der Waals surface area contributed by atoms with Crippen LogP contribution in [0.2, 0.25) is 5.02 Å². The Morgan fingerprint density at radius 1 is 1.43 bits per heavy atom. The van der Waals surface area contributed by atoms with Gasteiger partial charge in [-0.2, -0.15) is 0 Å². The maximum atomic E-state index is 5.90. The molecule has 0 spiro atoms. The highest BCUT2D eigenvalue weighted by Crippen LogP contribution is 2.23. The zero-order valence-electron chi connectivity index (χ0n) is 8.05. The Morgan fingerprint density at radius 3 is 2.93 bits per heavy atom. The highest BCUT2D eigenvalue weighted by molar-refractivity contribution is 6.31. The zero-order valence-corrected chi connectivity index (χ0v) is 8.81. The second-order valence-corrected chi connectivity index (χ2v) is 4.03. The number of nitrogens with one attached hydrogen (secondary N) is 1. The van der Waals surface area contributed by atoms with Gasteiger partial charge in [0, 0.05) is 34.1 Å². The standard InChI is InChI=1S/C11H13ClN2/c1-7(6-13)11-5-8-4-9(12)2-3-10(8)14-11/h2-5,7,14H,6,13H2,1H3. The molecule has 3 N–H and O–H groups in total. The van der Waals surface area contributed by atoms with Crippen LogP contribution in [-0.4, -0.2) is 11.5 Å². The van der Waals surface area contributed by atoms with Crippen LogP contribution in [0.3, 0.4) is 0 Å². The van der Waals surface area contributed by atoms with Crippen molar-refractivity contribution in [2.24, 2.45) is 5.73 Å². The second-order valence-electron chi connectivity index (χ2n) is 3.59. The Bertz CT molecular complexity index is 447. The summed E-state index contributed by atoms with van der Waals surface area (Å²) in [6, 6.07) is 7.94. The molecule has 0 bridgehead atoms. The Kier molecular flexibility index (Phi) is 2.48. The fourth-order valence-corrected chi connectivity index (χ4v) is 1.70. The second kappa shape index (κ2) is 3.64. The lowest BCUT2D eigenvalue weighted by Gasteiger charge is -2.03. The van der Waals surface area contributed by atoms with Crippen molar-refractivity contribution in [3.8, 4) is 0 Å². The van der Waals surface area contributed by atoms with Gasteiger partial charge >= 0.3 is 0 Å². The van der Waals surface area contributed by atoms with Gasteiger partial charge in [0.2, 0.25) is 0 Å². The highest BCUT2D eigenvalue weighted by atomic mass is 35.5. The van der Waals surface area contributed by atoms with Crippen molar-refractivity contribution in [3.05, 3.63) is 35.0 Å². The summed E-state index contributed by atoms with van der Waals surface area (Å²) in [5.74, 6) is 0.362. The van der Waals surface area contributed by atoms with Crippen LogP contribution in [0.5, 0.6) is 0 Å². The molecule has 2 nitrogen and oxygen atoms in total. The van der Waals surface area contributed by atoms with Crippen molar-refractivity contribution in [1.82, 2.24) is 4.98 Å². The van der Waals surface area contributed by atoms with E-state index in [0.29, 0.717) is 12.5 Å². The molecule has 0 aliphatic heterocycles. The summed E-state index contributed by atoms with van der Waals surface area (Å²) in [5.41, 5.74) is 7.90. The number of benzene rings is 1. The van der Waals surface area contributed by atoms with Gasteiger partial charge in [-0.05, 0) is 24.3 Å². The molecule has 0 saturated carbocycles. The summed E-state index contributed by atoms with van der Waals surface area (Å²) in [6.07, 6.45) is 0. The summed E-state index contributed by atoms with van der Waals surface area (Å²) < 4.78 is 0. The first kappa shape index (κ1) is 9.56. The van der Waals surface area contributed by atoms with Crippen LogP contribution in [0.1, 0.15) is 18.5 Å². The molecule has 3 heteroatoms. The number of fused-ring (bicyclic) bond motifs is 1. The predicted octanol–water partition coefficient (Wildman–Crippen LogP) is 2.88. The van der Waals surface area contributed by atoms with Crippen molar-refractivity contribution in [3.63, 3.8) is 0 Å². The van der Waals surface area contributed by atoms with Crippen molar-refractivity contribution in [2.75, 3.05) is 6.54 Å². The number of aromatic amines is 1. The first-order chi connectivity index (χ1) is 6.70. The summed E-state index contributed by atoms with van der Waals surface area (Å²) in [7, 11) is 0. The summed E-state index contributed by atoms with van der Waals surface area (Å²) >= 11 is 5.90. The monoisotopic (exact) mass is 208 g/mol. The predicted molar refractivity (Wildman–Crippen MR) is 60.8 cm³/mol. The summed E-state index contributed by atoms with van der Waals surface area (Å²) in [4.78, 5) is 3.33. The molecule has 2 rings (SSSR count). The van der Waals surface area contributed by atoms with E-state index in [-0.39, 0.29) is 0 Å². The van der Waals surface area contributed by atoms with Gasteiger partial charge in [0.25, 0.3) is 0 Å². The van der Waals surface area contributed by atoms with E-state index in [2.05, 4.69) is 18.0 Å². The lowest BCUT2D eigenvalue weighted by molar-refractivity contribution is 0.754. The van der Waals surface area contributed by atoms with Gasteiger partial charge in [-0.25, -0.2) is 0 Å². The molecule has 1 unspecified atom stereocenters. The lowest BCUT2D eigenvalue weighted by atomic mass is 10.1. The van der Waals surface area contributed by atoms with Crippen molar-refractivity contribution in [2.45, 2.75) is 12.8 Å². The van der Waals surface area contributed by atoms with Crippen LogP contribution in [0, 0.1) is 0 Å². The Morgan fingerprint density at radius 2 is 2.21 bits per heavy atom. The maximum absolute atomic E-state index is 5.90. The molecule has 1 atom stereocenters. The number of rotatable bonds is 2. The van der Waals surface area contributed by atoms with Crippen LogP contribution in [0.4, 0.5) is 0 Å². The van der Waals surface area contributed by atoms with Crippen LogP contribution in [0.15, 0.2) is 24.3 Å². The van der Waals surface area contributed by atoms with E-state index in [4.69, 9.17) is 17.3 Å².